The maximum atomic E-state index is 12.6. The molecule has 0 bridgehead atoms. The third-order valence-electron chi connectivity index (χ3n) is 4.35. The van der Waals surface area contributed by atoms with Crippen LogP contribution in [0, 0.1) is 0 Å². The number of nitrogens with one attached hydrogen (secondary N) is 1. The molecule has 1 saturated heterocycles. The third kappa shape index (κ3) is 4.18. The second-order valence-corrected chi connectivity index (χ2v) is 7.45. The molecule has 25 heavy (non-hydrogen) atoms. The fourth-order valence-electron chi connectivity index (χ4n) is 3.08. The van der Waals surface area contributed by atoms with Crippen LogP contribution in [-0.2, 0) is 19.2 Å². The number of hydrogen-bond donors (Lipinski definition) is 1. The summed E-state index contributed by atoms with van der Waals surface area (Å²) < 4.78 is 5.27. The van der Waals surface area contributed by atoms with Crippen molar-refractivity contribution in [1.82, 2.24) is 15.1 Å². The van der Waals surface area contributed by atoms with Gasteiger partial charge < -0.3 is 14.5 Å². The summed E-state index contributed by atoms with van der Waals surface area (Å²) in [6, 6.07) is 1.98. The molecule has 8 nitrogen and oxygen atoms in total. The van der Waals surface area contributed by atoms with E-state index in [9.17, 15) is 9.59 Å². The molecule has 3 rings (SSSR count). The number of H-pyrrole nitrogens is 1. The smallest absolute Gasteiger partial charge is 0.356 e. The van der Waals surface area contributed by atoms with E-state index in [1.165, 1.54) is 0 Å². The number of piperidine rings is 1. The van der Waals surface area contributed by atoms with Crippen molar-refractivity contribution >= 4 is 17.6 Å². The summed E-state index contributed by atoms with van der Waals surface area (Å²) in [7, 11) is 0. The number of carbonyl (C=O) groups is 2. The largest absolute Gasteiger partial charge is 0.455 e. The number of aromatic amines is 1. The van der Waals surface area contributed by atoms with Gasteiger partial charge in [0.05, 0.1) is 0 Å². The van der Waals surface area contributed by atoms with E-state index in [0.29, 0.717) is 19.0 Å². The highest BCUT2D eigenvalue weighted by atomic mass is 16.7. The van der Waals surface area contributed by atoms with Crippen LogP contribution in [0.2, 0.25) is 0 Å². The summed E-state index contributed by atoms with van der Waals surface area (Å²) >= 11 is 0. The van der Waals surface area contributed by atoms with Gasteiger partial charge in [0, 0.05) is 37.3 Å². The predicted molar refractivity (Wildman–Crippen MR) is 89.9 cm³/mol. The zero-order chi connectivity index (χ0) is 18.0. The van der Waals surface area contributed by atoms with Gasteiger partial charge in [-0.25, -0.2) is 4.79 Å². The lowest BCUT2D eigenvalue weighted by Gasteiger charge is -2.32. The lowest BCUT2D eigenvalue weighted by Crippen LogP contribution is -2.44. The van der Waals surface area contributed by atoms with Crippen molar-refractivity contribution in [2.24, 2.45) is 5.16 Å². The average molecular weight is 348 g/mol. The topological polar surface area (TPSA) is 96.9 Å². The highest BCUT2D eigenvalue weighted by Crippen LogP contribution is 2.27. The van der Waals surface area contributed by atoms with E-state index in [1.54, 1.807) is 31.9 Å². The van der Waals surface area contributed by atoms with E-state index >= 15 is 0 Å². The molecule has 0 spiro atoms. The molecule has 1 N–H and O–H groups in total. The molecule has 1 amide bonds. The molecule has 1 unspecified atom stereocenters. The van der Waals surface area contributed by atoms with Crippen LogP contribution in [0.4, 0.5) is 0 Å². The minimum Gasteiger partial charge on any atom is -0.455 e. The predicted octanol–water partition coefficient (Wildman–Crippen LogP) is 1.60. The van der Waals surface area contributed by atoms with Crippen molar-refractivity contribution in [3.63, 3.8) is 0 Å². The number of oxime groups is 1. The first-order valence-electron chi connectivity index (χ1n) is 8.57. The van der Waals surface area contributed by atoms with Gasteiger partial charge in [-0.2, -0.15) is 5.10 Å². The van der Waals surface area contributed by atoms with E-state index < -0.39 is 17.7 Å². The molecule has 0 saturated carbocycles. The molecule has 1 aromatic rings. The fourth-order valence-corrected chi connectivity index (χ4v) is 3.08. The molecule has 2 aliphatic heterocycles. The quantitative estimate of drug-likeness (QED) is 0.837. The second-order valence-electron chi connectivity index (χ2n) is 7.45. The van der Waals surface area contributed by atoms with Crippen LogP contribution >= 0.6 is 0 Å². The van der Waals surface area contributed by atoms with Crippen LogP contribution in [0.15, 0.2) is 17.4 Å². The van der Waals surface area contributed by atoms with Crippen molar-refractivity contribution in [1.29, 1.82) is 0 Å². The van der Waals surface area contributed by atoms with Crippen LogP contribution in [-0.4, -0.2) is 57.5 Å². The van der Waals surface area contributed by atoms with Gasteiger partial charge in [0.25, 0.3) is 5.91 Å². The molecule has 0 aliphatic carbocycles. The van der Waals surface area contributed by atoms with Crippen LogP contribution in [0.3, 0.4) is 0 Å². The van der Waals surface area contributed by atoms with Gasteiger partial charge >= 0.3 is 5.97 Å². The number of likely N-dealkylation sites (tertiary alicyclic amines) is 1. The average Bonchev–Trinajstić information content (AvgIpc) is 3.24. The van der Waals surface area contributed by atoms with Gasteiger partial charge in [0.15, 0.2) is 5.71 Å². The molecule has 136 valence electrons. The Morgan fingerprint density at radius 2 is 2.04 bits per heavy atom. The Morgan fingerprint density at radius 1 is 1.32 bits per heavy atom. The minimum atomic E-state index is -0.730. The number of esters is 1. The maximum absolute atomic E-state index is 12.6. The van der Waals surface area contributed by atoms with Crippen molar-refractivity contribution in [3.05, 3.63) is 18.0 Å². The first-order chi connectivity index (χ1) is 11.8. The van der Waals surface area contributed by atoms with E-state index in [-0.39, 0.29) is 18.0 Å². The summed E-state index contributed by atoms with van der Waals surface area (Å²) in [6.07, 6.45) is 2.93. The Bertz CT molecular complexity index is 655. The molecule has 3 heterocycles. The summed E-state index contributed by atoms with van der Waals surface area (Å²) in [4.78, 5) is 31.6. The minimum absolute atomic E-state index is 0.120. The zero-order valence-electron chi connectivity index (χ0n) is 14.8. The van der Waals surface area contributed by atoms with Crippen LogP contribution < -0.4 is 0 Å². The molecule has 1 aromatic heterocycles. The normalized spacial score (nSPS) is 21.6. The van der Waals surface area contributed by atoms with Crippen molar-refractivity contribution < 1.29 is 19.2 Å². The molecule has 1 atom stereocenters. The van der Waals surface area contributed by atoms with E-state index in [2.05, 4.69) is 15.4 Å². The Morgan fingerprint density at radius 3 is 2.64 bits per heavy atom. The number of ether oxygens (including phenoxy) is 1. The number of nitrogens with zero attached hydrogens (tertiary/aromatic N) is 3. The first-order valence-corrected chi connectivity index (χ1v) is 8.57. The summed E-state index contributed by atoms with van der Waals surface area (Å²) in [5.74, 6) is -0.254. The van der Waals surface area contributed by atoms with Gasteiger partial charge in [0.1, 0.15) is 5.60 Å². The monoisotopic (exact) mass is 348 g/mol. The standard InChI is InChI=1S/C17H24N4O4/c1-17(2,3)24-16(23)13-10-14(25-20-13)15(22)21-8-5-11(6-9-21)12-4-7-18-19-12/h4,7,11,14H,5-6,8-10H2,1-3H3,(H,18,19). The van der Waals surface area contributed by atoms with Crippen LogP contribution in [0.5, 0.6) is 0 Å². The molecular formula is C17H24N4O4. The Labute approximate surface area is 146 Å². The summed E-state index contributed by atoms with van der Waals surface area (Å²) in [5.41, 5.74) is 0.677. The SMILES string of the molecule is CC(C)(C)OC(=O)C1=NOC(C(=O)N2CCC(c3ccn[nH]3)CC2)C1. The summed E-state index contributed by atoms with van der Waals surface area (Å²) in [6.45, 7) is 6.67. The number of carbonyl (C=O) groups excluding carboxylic acids is 2. The number of amides is 1. The molecule has 1 fully saturated rings. The Kier molecular flexibility index (Phi) is 4.78. The Hall–Kier alpha value is -2.38. The van der Waals surface area contributed by atoms with Gasteiger partial charge in [-0.05, 0) is 39.7 Å². The number of rotatable bonds is 3. The molecule has 0 aromatic carbocycles. The lowest BCUT2D eigenvalue weighted by atomic mass is 9.93. The van der Waals surface area contributed by atoms with Gasteiger partial charge in [-0.15, -0.1) is 0 Å². The third-order valence-corrected chi connectivity index (χ3v) is 4.35. The lowest BCUT2D eigenvalue weighted by molar-refractivity contribution is -0.146. The maximum Gasteiger partial charge on any atom is 0.356 e. The fraction of sp³-hybridized carbons (Fsp3) is 0.647. The van der Waals surface area contributed by atoms with Crippen molar-refractivity contribution in [2.75, 3.05) is 13.1 Å². The number of hydrogen-bond acceptors (Lipinski definition) is 6. The number of aromatic nitrogens is 2. The molecule has 0 radical (unpaired) electrons. The summed E-state index contributed by atoms with van der Waals surface area (Å²) in [5, 5.41) is 10.7. The van der Waals surface area contributed by atoms with E-state index in [1.807, 2.05) is 6.07 Å². The first kappa shape index (κ1) is 17.4. The Balaban J connectivity index is 1.50. The van der Waals surface area contributed by atoms with Crippen LogP contribution in [0.1, 0.15) is 51.6 Å². The highest BCUT2D eigenvalue weighted by molar-refractivity contribution is 6.37. The highest BCUT2D eigenvalue weighted by Gasteiger charge is 2.37. The molecular weight excluding hydrogens is 324 g/mol. The van der Waals surface area contributed by atoms with Gasteiger partial charge in [-0.1, -0.05) is 5.16 Å². The van der Waals surface area contributed by atoms with Crippen molar-refractivity contribution in [3.8, 4) is 0 Å². The molecule has 2 aliphatic rings. The van der Waals surface area contributed by atoms with E-state index in [4.69, 9.17) is 9.57 Å². The van der Waals surface area contributed by atoms with Gasteiger partial charge in [0.2, 0.25) is 6.10 Å². The second kappa shape index (κ2) is 6.85. The zero-order valence-corrected chi connectivity index (χ0v) is 14.8. The van der Waals surface area contributed by atoms with Gasteiger partial charge in [-0.3, -0.25) is 9.89 Å². The molecule has 8 heteroatoms. The van der Waals surface area contributed by atoms with Crippen molar-refractivity contribution in [2.45, 2.75) is 57.7 Å². The van der Waals surface area contributed by atoms with E-state index in [0.717, 1.165) is 18.5 Å². The van der Waals surface area contributed by atoms with Crippen LogP contribution in [0.25, 0.3) is 0 Å².